The molecule has 1 aliphatic rings. The van der Waals surface area contributed by atoms with Crippen molar-refractivity contribution in [1.82, 2.24) is 0 Å². The molecule has 0 saturated carbocycles. The summed E-state index contributed by atoms with van der Waals surface area (Å²) in [5.41, 5.74) is -0.560. The van der Waals surface area contributed by atoms with Crippen LogP contribution in [0.5, 0.6) is 0 Å². The molecular weight excluding hydrogens is 220 g/mol. The third-order valence-corrected chi connectivity index (χ3v) is 2.50. The average molecular weight is 240 g/mol. The summed E-state index contributed by atoms with van der Waals surface area (Å²) in [5.74, 6) is 0.0829. The Morgan fingerprint density at radius 1 is 1.29 bits per heavy atom. The lowest BCUT2D eigenvalue weighted by molar-refractivity contribution is -0.122. The molecule has 1 aliphatic carbocycles. The molecule has 2 unspecified atom stereocenters. The van der Waals surface area contributed by atoms with Crippen LogP contribution in [0.15, 0.2) is 12.2 Å². The molecule has 17 heavy (non-hydrogen) atoms. The van der Waals surface area contributed by atoms with Crippen LogP contribution in [0.4, 0.5) is 4.79 Å². The highest BCUT2D eigenvalue weighted by atomic mass is 16.7. The van der Waals surface area contributed by atoms with E-state index in [4.69, 9.17) is 9.47 Å². The number of hydrogen-bond acceptors (Lipinski definition) is 4. The fourth-order valence-corrected chi connectivity index (χ4v) is 1.67. The number of carbonyl (C=O) groups is 2. The molecule has 0 saturated heterocycles. The van der Waals surface area contributed by atoms with Crippen LogP contribution in [0.1, 0.15) is 40.5 Å². The Hall–Kier alpha value is -1.32. The normalized spacial score (nSPS) is 24.2. The number of Topliss-reactive ketones (excluding diaryl/α,β-unsaturated/α-hetero) is 1. The maximum absolute atomic E-state index is 11.4. The van der Waals surface area contributed by atoms with Gasteiger partial charge < -0.3 is 9.47 Å². The minimum Gasteiger partial charge on any atom is -0.429 e. The van der Waals surface area contributed by atoms with E-state index in [0.717, 1.165) is 6.42 Å². The minimum atomic E-state index is -0.684. The molecule has 96 valence electrons. The van der Waals surface area contributed by atoms with Crippen LogP contribution in [-0.4, -0.2) is 23.6 Å². The van der Waals surface area contributed by atoms with Gasteiger partial charge in [-0.15, -0.1) is 0 Å². The lowest BCUT2D eigenvalue weighted by Gasteiger charge is -2.25. The summed E-state index contributed by atoms with van der Waals surface area (Å²) in [5, 5.41) is 0. The molecule has 4 heteroatoms. The maximum atomic E-state index is 11.4. The number of allylic oxidation sites excluding steroid dienone is 1. The highest BCUT2D eigenvalue weighted by Gasteiger charge is 2.26. The molecule has 0 aliphatic heterocycles. The van der Waals surface area contributed by atoms with Gasteiger partial charge in [-0.25, -0.2) is 4.79 Å². The van der Waals surface area contributed by atoms with Crippen molar-refractivity contribution in [1.29, 1.82) is 0 Å². The van der Waals surface area contributed by atoms with E-state index in [1.807, 2.05) is 12.2 Å². The second-order valence-corrected chi connectivity index (χ2v) is 5.33. The Labute approximate surface area is 102 Å². The summed E-state index contributed by atoms with van der Waals surface area (Å²) in [7, 11) is 0. The smallest absolute Gasteiger partial charge is 0.429 e. The molecule has 0 N–H and O–H groups in total. The van der Waals surface area contributed by atoms with E-state index in [2.05, 4.69) is 0 Å². The first-order chi connectivity index (χ1) is 7.78. The largest absolute Gasteiger partial charge is 0.509 e. The van der Waals surface area contributed by atoms with Crippen LogP contribution >= 0.6 is 0 Å². The first-order valence-corrected chi connectivity index (χ1v) is 5.84. The summed E-state index contributed by atoms with van der Waals surface area (Å²) in [4.78, 5) is 22.7. The van der Waals surface area contributed by atoms with Crippen LogP contribution in [0.25, 0.3) is 0 Å². The summed E-state index contributed by atoms with van der Waals surface area (Å²) >= 11 is 0. The standard InChI is InChI=1S/C13H20O4/c1-9(14)10-6-5-7-11(8-10)16-12(15)17-13(2,3)4/h5,7,10-11H,6,8H2,1-4H3. The molecule has 0 radical (unpaired) electrons. The van der Waals surface area contributed by atoms with Crippen LogP contribution in [0.3, 0.4) is 0 Å². The Balaban J connectivity index is 2.47. The van der Waals surface area contributed by atoms with E-state index < -0.39 is 11.8 Å². The third-order valence-electron chi connectivity index (χ3n) is 2.50. The van der Waals surface area contributed by atoms with Crippen LogP contribution in [0.2, 0.25) is 0 Å². The SMILES string of the molecule is CC(=O)C1CC=CC(OC(=O)OC(C)(C)C)C1. The number of carbonyl (C=O) groups excluding carboxylic acids is 2. The summed E-state index contributed by atoms with van der Waals surface area (Å²) < 4.78 is 10.2. The van der Waals surface area contributed by atoms with Crippen molar-refractivity contribution in [3.63, 3.8) is 0 Å². The lowest BCUT2D eigenvalue weighted by Crippen LogP contribution is -2.30. The van der Waals surface area contributed by atoms with Crippen molar-refractivity contribution in [2.75, 3.05) is 0 Å². The average Bonchev–Trinajstić information content (AvgIpc) is 2.14. The van der Waals surface area contributed by atoms with E-state index >= 15 is 0 Å². The molecular formula is C13H20O4. The van der Waals surface area contributed by atoms with E-state index in [1.165, 1.54) is 0 Å². The molecule has 0 aromatic rings. The zero-order valence-corrected chi connectivity index (χ0v) is 10.9. The summed E-state index contributed by atoms with van der Waals surface area (Å²) in [6, 6.07) is 0. The minimum absolute atomic E-state index is 0.0487. The van der Waals surface area contributed by atoms with E-state index in [9.17, 15) is 9.59 Å². The number of ether oxygens (including phenoxy) is 2. The summed E-state index contributed by atoms with van der Waals surface area (Å²) in [6.45, 7) is 6.91. The predicted octanol–water partition coefficient (Wildman–Crippen LogP) is 2.86. The highest BCUT2D eigenvalue weighted by Crippen LogP contribution is 2.22. The molecule has 0 aromatic heterocycles. The third kappa shape index (κ3) is 5.02. The van der Waals surface area contributed by atoms with Gasteiger partial charge in [0.25, 0.3) is 0 Å². The Morgan fingerprint density at radius 2 is 1.94 bits per heavy atom. The first-order valence-electron chi connectivity index (χ1n) is 5.84. The first kappa shape index (κ1) is 13.7. The van der Waals surface area contributed by atoms with Crippen LogP contribution in [-0.2, 0) is 14.3 Å². The lowest BCUT2D eigenvalue weighted by atomic mass is 9.90. The monoisotopic (exact) mass is 240 g/mol. The van der Waals surface area contributed by atoms with Gasteiger partial charge in [-0.3, -0.25) is 4.79 Å². The van der Waals surface area contributed by atoms with Gasteiger partial charge in [-0.1, -0.05) is 6.08 Å². The second kappa shape index (κ2) is 5.34. The Kier molecular flexibility index (Phi) is 4.32. The van der Waals surface area contributed by atoms with Crippen molar-refractivity contribution >= 4 is 11.9 Å². The van der Waals surface area contributed by atoms with Gasteiger partial charge >= 0.3 is 6.16 Å². The van der Waals surface area contributed by atoms with Gasteiger partial charge in [0.1, 0.15) is 17.5 Å². The van der Waals surface area contributed by atoms with Crippen molar-refractivity contribution in [3.8, 4) is 0 Å². The van der Waals surface area contributed by atoms with E-state index in [1.54, 1.807) is 27.7 Å². The fraction of sp³-hybridized carbons (Fsp3) is 0.692. The molecule has 0 amide bonds. The fourth-order valence-electron chi connectivity index (χ4n) is 1.67. The zero-order chi connectivity index (χ0) is 13.1. The molecule has 4 nitrogen and oxygen atoms in total. The maximum Gasteiger partial charge on any atom is 0.509 e. The van der Waals surface area contributed by atoms with Gasteiger partial charge in [-0.2, -0.15) is 0 Å². The molecule has 0 spiro atoms. The van der Waals surface area contributed by atoms with Crippen molar-refractivity contribution in [2.45, 2.75) is 52.2 Å². The van der Waals surface area contributed by atoms with Crippen LogP contribution in [0, 0.1) is 5.92 Å². The Morgan fingerprint density at radius 3 is 2.47 bits per heavy atom. The number of ketones is 1. The van der Waals surface area contributed by atoms with Gasteiger partial charge in [0.05, 0.1) is 0 Å². The second-order valence-electron chi connectivity index (χ2n) is 5.33. The Bertz CT molecular complexity index is 325. The predicted molar refractivity (Wildman–Crippen MR) is 63.7 cm³/mol. The van der Waals surface area contributed by atoms with Crippen molar-refractivity contribution < 1.29 is 19.1 Å². The topological polar surface area (TPSA) is 52.6 Å². The number of rotatable bonds is 2. The van der Waals surface area contributed by atoms with Gasteiger partial charge in [0.15, 0.2) is 0 Å². The summed E-state index contributed by atoms with van der Waals surface area (Å²) in [6.07, 6.45) is 3.92. The highest BCUT2D eigenvalue weighted by molar-refractivity contribution is 5.78. The molecule has 0 heterocycles. The van der Waals surface area contributed by atoms with Gasteiger partial charge in [-0.05, 0) is 46.6 Å². The van der Waals surface area contributed by atoms with E-state index in [0.29, 0.717) is 6.42 Å². The van der Waals surface area contributed by atoms with Crippen molar-refractivity contribution in [2.24, 2.45) is 5.92 Å². The number of hydrogen-bond donors (Lipinski definition) is 0. The van der Waals surface area contributed by atoms with E-state index in [-0.39, 0.29) is 17.8 Å². The zero-order valence-electron chi connectivity index (χ0n) is 10.9. The molecule has 1 rings (SSSR count). The van der Waals surface area contributed by atoms with Gasteiger partial charge in [0, 0.05) is 5.92 Å². The molecule has 0 aromatic carbocycles. The quantitative estimate of drug-likeness (QED) is 0.550. The van der Waals surface area contributed by atoms with Gasteiger partial charge in [0.2, 0.25) is 0 Å². The molecule has 0 bridgehead atoms. The van der Waals surface area contributed by atoms with Crippen LogP contribution < -0.4 is 0 Å². The molecule has 2 atom stereocenters. The van der Waals surface area contributed by atoms with Crippen molar-refractivity contribution in [3.05, 3.63) is 12.2 Å². The molecule has 0 fully saturated rings.